The molecule has 0 radical (unpaired) electrons. The highest BCUT2D eigenvalue weighted by Crippen LogP contribution is 2.51. The van der Waals surface area contributed by atoms with Crippen LogP contribution >= 0.6 is 15.8 Å². The Morgan fingerprint density at radius 2 is 0.479 bits per heavy atom. The lowest BCUT2D eigenvalue weighted by molar-refractivity contribution is 0.564. The maximum atomic E-state index is 2.61. The van der Waals surface area contributed by atoms with E-state index in [1.807, 2.05) is 0 Å². The van der Waals surface area contributed by atoms with Crippen LogP contribution in [0, 0.1) is 5.92 Å². The van der Waals surface area contributed by atoms with E-state index in [2.05, 4.69) is 149 Å². The predicted octanol–water partition coefficient (Wildman–Crippen LogP) is 11.2. The third-order valence-corrected chi connectivity index (χ3v) is 16.7. The van der Waals surface area contributed by atoms with E-state index < -0.39 is 15.8 Å². The van der Waals surface area contributed by atoms with Gasteiger partial charge in [0.15, 0.2) is 0 Å². The molecule has 0 saturated carbocycles. The van der Waals surface area contributed by atoms with Crippen LogP contribution in [-0.4, -0.2) is 11.3 Å². The summed E-state index contributed by atoms with van der Waals surface area (Å²) in [5.74, 6) is 0.540. The third-order valence-electron chi connectivity index (χ3n) is 10.9. The van der Waals surface area contributed by atoms with Crippen molar-refractivity contribution in [2.75, 3.05) is 0 Å². The summed E-state index contributed by atoms with van der Waals surface area (Å²) in [7, 11) is -1.12. The summed E-state index contributed by atoms with van der Waals surface area (Å²) in [6, 6.07) is 30.4. The molecule has 0 amide bonds. The molecule has 2 atom stereocenters. The molecule has 2 unspecified atom stereocenters. The quantitative estimate of drug-likeness (QED) is 0.104. The molecule has 0 aliphatic rings. The van der Waals surface area contributed by atoms with E-state index >= 15 is 0 Å². The van der Waals surface area contributed by atoms with Gasteiger partial charge >= 0.3 is 0 Å². The van der Waals surface area contributed by atoms with Crippen LogP contribution in [0.5, 0.6) is 0 Å². The molecule has 0 aliphatic carbocycles. The summed E-state index contributed by atoms with van der Waals surface area (Å²) in [5, 5.41) is 6.31. The molecule has 0 nitrogen and oxygen atoms in total. The van der Waals surface area contributed by atoms with Gasteiger partial charge in [0.25, 0.3) is 0 Å². The SMILES string of the molecule is CCc1cc(CC)cc(P(c2cc(CC)cc(CC)c2)C(C)C(C)C(C)P(c2cc(CC)cc(CC)c2)c2cc(CC)cc(CC)c2)c1. The minimum absolute atomic E-state index is 0.536. The van der Waals surface area contributed by atoms with Crippen LogP contribution < -0.4 is 21.2 Å². The Balaban J connectivity index is 1.92. The highest BCUT2D eigenvalue weighted by atomic mass is 31.1. The molecule has 2 heteroatoms. The molecule has 4 aromatic carbocycles. The number of benzene rings is 4. The topological polar surface area (TPSA) is 0 Å². The molecule has 0 aromatic heterocycles. The largest absolute Gasteiger partial charge is 0.0613 e. The van der Waals surface area contributed by atoms with Crippen molar-refractivity contribution in [1.82, 2.24) is 0 Å². The Hall–Kier alpha value is -2.26. The van der Waals surface area contributed by atoms with Crippen molar-refractivity contribution in [2.24, 2.45) is 5.92 Å². The zero-order valence-corrected chi connectivity index (χ0v) is 34.0. The fraction of sp³-hybridized carbons (Fsp3) is 0.478. The van der Waals surface area contributed by atoms with Crippen LogP contribution in [0.2, 0.25) is 0 Å². The van der Waals surface area contributed by atoms with E-state index in [0.29, 0.717) is 17.2 Å². The minimum atomic E-state index is -0.561. The summed E-state index contributed by atoms with van der Waals surface area (Å²) >= 11 is 0. The van der Waals surface area contributed by atoms with Gasteiger partial charge in [0.1, 0.15) is 0 Å². The van der Waals surface area contributed by atoms with Gasteiger partial charge in [-0.3, -0.25) is 0 Å². The minimum Gasteiger partial charge on any atom is -0.0613 e. The van der Waals surface area contributed by atoms with Gasteiger partial charge in [0, 0.05) is 0 Å². The third kappa shape index (κ3) is 9.09. The van der Waals surface area contributed by atoms with Gasteiger partial charge in [-0.1, -0.05) is 149 Å². The molecule has 0 N–H and O–H groups in total. The van der Waals surface area contributed by atoms with E-state index in [1.165, 1.54) is 44.5 Å². The van der Waals surface area contributed by atoms with Crippen molar-refractivity contribution in [3.63, 3.8) is 0 Å². The standard InChI is InChI=1S/C46H64P2/c1-12-35-20-36(13-2)25-43(24-35)47(44-26-37(14-3)21-38(15-4)27-44)33(10)32(9)34(11)48(45-28-39(16-5)22-40(17-6)29-45)46-30-41(18-7)23-42(19-8)31-46/h20-34H,12-19H2,1-11H3. The molecular formula is C46H64P2. The molecular weight excluding hydrogens is 614 g/mol. The highest BCUT2D eigenvalue weighted by molar-refractivity contribution is 7.74. The average molecular weight is 679 g/mol. The van der Waals surface area contributed by atoms with Crippen molar-refractivity contribution in [1.29, 1.82) is 0 Å². The second-order valence-corrected chi connectivity index (χ2v) is 19.1. The van der Waals surface area contributed by atoms with E-state index in [-0.39, 0.29) is 0 Å². The van der Waals surface area contributed by atoms with Crippen LogP contribution in [0.1, 0.15) is 121 Å². The van der Waals surface area contributed by atoms with Gasteiger partial charge in [-0.15, -0.1) is 0 Å². The van der Waals surface area contributed by atoms with Crippen molar-refractivity contribution in [3.8, 4) is 0 Å². The molecule has 4 rings (SSSR count). The van der Waals surface area contributed by atoms with Gasteiger partial charge in [-0.25, -0.2) is 0 Å². The van der Waals surface area contributed by atoms with Crippen molar-refractivity contribution in [3.05, 3.63) is 117 Å². The van der Waals surface area contributed by atoms with Crippen LogP contribution in [0.15, 0.2) is 72.8 Å². The predicted molar refractivity (Wildman–Crippen MR) is 221 cm³/mol. The summed E-state index contributed by atoms with van der Waals surface area (Å²) in [4.78, 5) is 0. The van der Waals surface area contributed by atoms with E-state index in [1.54, 1.807) is 21.2 Å². The summed E-state index contributed by atoms with van der Waals surface area (Å²) in [6.45, 7) is 26.4. The first-order chi connectivity index (χ1) is 23.1. The fourth-order valence-electron chi connectivity index (χ4n) is 7.27. The lowest BCUT2D eigenvalue weighted by Gasteiger charge is -2.38. The fourth-order valence-corrected chi connectivity index (χ4v) is 13.8. The second kappa shape index (κ2) is 18.1. The first-order valence-corrected chi connectivity index (χ1v) is 22.0. The maximum absolute atomic E-state index is 2.61. The Labute approximate surface area is 298 Å². The van der Waals surface area contributed by atoms with E-state index in [0.717, 1.165) is 51.4 Å². The number of hydrogen-bond acceptors (Lipinski definition) is 0. The average Bonchev–Trinajstić information content (AvgIpc) is 3.13. The first-order valence-electron chi connectivity index (χ1n) is 19.2. The van der Waals surface area contributed by atoms with Gasteiger partial charge in [0.2, 0.25) is 0 Å². The number of rotatable bonds is 16. The Bertz CT molecular complexity index is 1310. The molecule has 4 aromatic rings. The monoisotopic (exact) mass is 678 g/mol. The Kier molecular flexibility index (Phi) is 14.5. The van der Waals surface area contributed by atoms with E-state index in [9.17, 15) is 0 Å². The van der Waals surface area contributed by atoms with E-state index in [4.69, 9.17) is 0 Å². The molecule has 0 heterocycles. The molecule has 0 spiro atoms. The van der Waals surface area contributed by atoms with Gasteiger partial charge in [-0.05, 0) is 150 Å². The van der Waals surface area contributed by atoms with Crippen LogP contribution in [0.4, 0.5) is 0 Å². The van der Waals surface area contributed by atoms with Crippen LogP contribution in [0.25, 0.3) is 0 Å². The molecule has 258 valence electrons. The Morgan fingerprint density at radius 1 is 0.312 bits per heavy atom. The number of aryl methyl sites for hydroxylation is 8. The zero-order valence-electron chi connectivity index (χ0n) is 32.2. The molecule has 48 heavy (non-hydrogen) atoms. The lowest BCUT2D eigenvalue weighted by Crippen LogP contribution is -2.34. The van der Waals surface area contributed by atoms with Crippen LogP contribution in [0.3, 0.4) is 0 Å². The Morgan fingerprint density at radius 3 is 0.625 bits per heavy atom. The van der Waals surface area contributed by atoms with Crippen molar-refractivity contribution in [2.45, 2.75) is 139 Å². The summed E-state index contributed by atoms with van der Waals surface area (Å²) < 4.78 is 0. The van der Waals surface area contributed by atoms with Crippen molar-refractivity contribution < 1.29 is 0 Å². The lowest BCUT2D eigenvalue weighted by atomic mass is 10.1. The maximum Gasteiger partial charge on any atom is -0.0125 e. The van der Waals surface area contributed by atoms with Crippen LogP contribution in [-0.2, 0) is 51.4 Å². The summed E-state index contributed by atoms with van der Waals surface area (Å²) in [5.41, 5.74) is 13.0. The van der Waals surface area contributed by atoms with Crippen molar-refractivity contribution >= 4 is 37.1 Å². The molecule has 0 fully saturated rings. The smallest absolute Gasteiger partial charge is 0.0125 e. The van der Waals surface area contributed by atoms with Gasteiger partial charge in [0.05, 0.1) is 0 Å². The normalized spacial score (nSPS) is 13.7. The van der Waals surface area contributed by atoms with Gasteiger partial charge in [-0.2, -0.15) is 0 Å². The molecule has 0 bridgehead atoms. The highest BCUT2D eigenvalue weighted by Gasteiger charge is 2.34. The van der Waals surface area contributed by atoms with Gasteiger partial charge < -0.3 is 0 Å². The first kappa shape index (κ1) is 38.5. The molecule has 0 aliphatic heterocycles. The number of hydrogen-bond donors (Lipinski definition) is 0. The zero-order chi connectivity index (χ0) is 35.0. The summed E-state index contributed by atoms with van der Waals surface area (Å²) in [6.07, 6.45) is 8.71. The molecule has 0 saturated heterocycles. The second-order valence-electron chi connectivity index (χ2n) is 13.9.